The number of hydrogen-bond acceptors (Lipinski definition) is 3. The number of carboxylic acid groups (broad SMARTS) is 1. The smallest absolute Gasteiger partial charge is 0.303 e. The second-order valence-electron chi connectivity index (χ2n) is 3.54. The average molecular weight is 232 g/mol. The second-order valence-corrected chi connectivity index (χ2v) is 5.21. The first-order valence-electron chi connectivity index (χ1n) is 4.51. The molecule has 0 radical (unpaired) electrons. The van der Waals surface area contributed by atoms with Crippen molar-refractivity contribution in [1.29, 1.82) is 0 Å². The Morgan fingerprint density at radius 3 is 3.21 bits per heavy atom. The van der Waals surface area contributed by atoms with Crippen molar-refractivity contribution < 1.29 is 9.90 Å². The van der Waals surface area contributed by atoms with Crippen LogP contribution in [0.2, 0.25) is 4.47 Å². The van der Waals surface area contributed by atoms with Gasteiger partial charge in [-0.25, -0.2) is 4.98 Å². The first kappa shape index (κ1) is 9.93. The van der Waals surface area contributed by atoms with Crippen LogP contribution < -0.4 is 0 Å². The molecule has 1 aromatic rings. The van der Waals surface area contributed by atoms with E-state index in [2.05, 4.69) is 4.98 Å². The minimum Gasteiger partial charge on any atom is -0.481 e. The van der Waals surface area contributed by atoms with Gasteiger partial charge in [0.15, 0.2) is 4.47 Å². The third-order valence-electron chi connectivity index (χ3n) is 2.48. The van der Waals surface area contributed by atoms with Gasteiger partial charge >= 0.3 is 5.97 Å². The molecule has 1 unspecified atom stereocenters. The zero-order chi connectivity index (χ0) is 10.1. The maximum absolute atomic E-state index is 10.5. The van der Waals surface area contributed by atoms with E-state index in [9.17, 15) is 4.79 Å². The number of aliphatic carboxylic acids is 1. The Morgan fingerprint density at radius 2 is 2.50 bits per heavy atom. The molecule has 14 heavy (non-hydrogen) atoms. The summed E-state index contributed by atoms with van der Waals surface area (Å²) in [6.45, 7) is 0. The van der Waals surface area contributed by atoms with E-state index in [0.717, 1.165) is 25.0 Å². The van der Waals surface area contributed by atoms with E-state index in [1.54, 1.807) is 0 Å². The van der Waals surface area contributed by atoms with Crippen LogP contribution in [-0.2, 0) is 17.6 Å². The molecule has 2 rings (SSSR count). The lowest BCUT2D eigenvalue weighted by Gasteiger charge is -2.18. The Hall–Kier alpha value is -0.610. The molecule has 1 aliphatic rings. The Labute approximate surface area is 90.7 Å². The van der Waals surface area contributed by atoms with E-state index < -0.39 is 5.97 Å². The molecule has 0 spiro atoms. The molecule has 1 atom stereocenters. The van der Waals surface area contributed by atoms with Gasteiger partial charge < -0.3 is 5.11 Å². The number of hydrogen-bond donors (Lipinski definition) is 1. The van der Waals surface area contributed by atoms with E-state index in [0.29, 0.717) is 4.47 Å². The number of halogens is 1. The lowest BCUT2D eigenvalue weighted by molar-refractivity contribution is -0.138. The highest BCUT2D eigenvalue weighted by molar-refractivity contribution is 7.15. The van der Waals surface area contributed by atoms with Gasteiger partial charge in [0.25, 0.3) is 0 Å². The normalized spacial score (nSPS) is 20.5. The van der Waals surface area contributed by atoms with Gasteiger partial charge in [-0.3, -0.25) is 4.79 Å². The summed E-state index contributed by atoms with van der Waals surface area (Å²) in [7, 11) is 0. The van der Waals surface area contributed by atoms with Gasteiger partial charge in [-0.15, -0.1) is 11.3 Å². The topological polar surface area (TPSA) is 50.2 Å². The van der Waals surface area contributed by atoms with Crippen LogP contribution in [-0.4, -0.2) is 16.1 Å². The van der Waals surface area contributed by atoms with Crippen LogP contribution in [0.3, 0.4) is 0 Å². The number of aromatic nitrogens is 1. The summed E-state index contributed by atoms with van der Waals surface area (Å²) < 4.78 is 0.575. The van der Waals surface area contributed by atoms with Gasteiger partial charge in [0.2, 0.25) is 0 Å². The maximum atomic E-state index is 10.5. The van der Waals surface area contributed by atoms with Crippen molar-refractivity contribution in [2.45, 2.75) is 25.7 Å². The van der Waals surface area contributed by atoms with Gasteiger partial charge in [0.1, 0.15) is 0 Å². The molecule has 1 heterocycles. The van der Waals surface area contributed by atoms with Crippen molar-refractivity contribution in [2.75, 3.05) is 0 Å². The second kappa shape index (κ2) is 3.87. The first-order valence-corrected chi connectivity index (χ1v) is 5.70. The number of aryl methyl sites for hydroxylation is 1. The van der Waals surface area contributed by atoms with Crippen LogP contribution in [0.5, 0.6) is 0 Å². The summed E-state index contributed by atoms with van der Waals surface area (Å²) in [5.74, 6) is -0.453. The largest absolute Gasteiger partial charge is 0.481 e. The summed E-state index contributed by atoms with van der Waals surface area (Å²) >= 11 is 7.28. The molecule has 0 fully saturated rings. The van der Waals surface area contributed by atoms with Crippen LogP contribution >= 0.6 is 22.9 Å². The van der Waals surface area contributed by atoms with Crippen LogP contribution in [0.1, 0.15) is 23.4 Å². The van der Waals surface area contributed by atoms with Crippen molar-refractivity contribution in [3.63, 3.8) is 0 Å². The standard InChI is InChI=1S/C9H10ClNO2S/c10-9-11-6-2-1-5(4-8(12)13)3-7(6)14-9/h5H,1-4H2,(H,12,13). The lowest BCUT2D eigenvalue weighted by atomic mass is 9.89. The molecular weight excluding hydrogens is 222 g/mol. The zero-order valence-electron chi connectivity index (χ0n) is 7.49. The fourth-order valence-corrected chi connectivity index (χ4v) is 3.16. The van der Waals surface area contributed by atoms with Crippen LogP contribution in [0, 0.1) is 5.92 Å². The molecule has 0 saturated carbocycles. The number of rotatable bonds is 2. The maximum Gasteiger partial charge on any atom is 0.303 e. The number of nitrogens with zero attached hydrogens (tertiary/aromatic N) is 1. The van der Waals surface area contributed by atoms with Gasteiger partial charge in [0, 0.05) is 11.3 Å². The van der Waals surface area contributed by atoms with E-state index in [4.69, 9.17) is 16.7 Å². The Morgan fingerprint density at radius 1 is 1.71 bits per heavy atom. The summed E-state index contributed by atoms with van der Waals surface area (Å²) in [5, 5.41) is 8.68. The van der Waals surface area contributed by atoms with E-state index in [-0.39, 0.29) is 12.3 Å². The minimum absolute atomic E-state index is 0.259. The Kier molecular flexibility index (Phi) is 2.74. The quantitative estimate of drug-likeness (QED) is 0.850. The fraction of sp³-hybridized carbons (Fsp3) is 0.556. The van der Waals surface area contributed by atoms with E-state index in [1.807, 2.05) is 0 Å². The number of thiazole rings is 1. The Balaban J connectivity index is 2.09. The SMILES string of the molecule is O=C(O)CC1CCc2nc(Cl)sc2C1. The molecule has 76 valence electrons. The molecule has 0 aliphatic heterocycles. The molecule has 0 saturated heterocycles. The third kappa shape index (κ3) is 2.07. The number of fused-ring (bicyclic) bond motifs is 1. The zero-order valence-corrected chi connectivity index (χ0v) is 9.07. The summed E-state index contributed by atoms with van der Waals surface area (Å²) in [6.07, 6.45) is 2.87. The number of carbonyl (C=O) groups is 1. The molecular formula is C9H10ClNO2S. The van der Waals surface area contributed by atoms with Gasteiger partial charge in [0.05, 0.1) is 5.69 Å². The molecule has 5 heteroatoms. The van der Waals surface area contributed by atoms with Gasteiger partial charge in [-0.1, -0.05) is 11.6 Å². The molecule has 1 aliphatic carbocycles. The van der Waals surface area contributed by atoms with Crippen LogP contribution in [0.25, 0.3) is 0 Å². The lowest BCUT2D eigenvalue weighted by Crippen LogP contribution is -2.16. The summed E-state index contributed by atoms with van der Waals surface area (Å²) in [6, 6.07) is 0. The van der Waals surface area contributed by atoms with Gasteiger partial charge in [-0.2, -0.15) is 0 Å². The van der Waals surface area contributed by atoms with Crippen LogP contribution in [0.4, 0.5) is 0 Å². The monoisotopic (exact) mass is 231 g/mol. The molecule has 0 aromatic carbocycles. The molecule has 0 amide bonds. The van der Waals surface area contributed by atoms with E-state index >= 15 is 0 Å². The summed E-state index contributed by atoms with van der Waals surface area (Å²) in [4.78, 5) is 15.9. The highest BCUT2D eigenvalue weighted by Crippen LogP contribution is 2.33. The highest BCUT2D eigenvalue weighted by Gasteiger charge is 2.23. The van der Waals surface area contributed by atoms with Gasteiger partial charge in [-0.05, 0) is 25.2 Å². The van der Waals surface area contributed by atoms with E-state index in [1.165, 1.54) is 16.2 Å². The third-order valence-corrected chi connectivity index (χ3v) is 3.70. The molecule has 3 nitrogen and oxygen atoms in total. The number of carboxylic acids is 1. The Bertz CT molecular complexity index is 364. The first-order chi connectivity index (χ1) is 6.65. The van der Waals surface area contributed by atoms with Crippen molar-refractivity contribution in [2.24, 2.45) is 5.92 Å². The predicted octanol–water partition coefficient (Wildman–Crippen LogP) is 2.38. The van der Waals surface area contributed by atoms with Crippen molar-refractivity contribution in [3.8, 4) is 0 Å². The molecule has 1 N–H and O–H groups in total. The minimum atomic E-state index is -0.714. The fourth-order valence-electron chi connectivity index (χ4n) is 1.83. The van der Waals surface area contributed by atoms with Crippen molar-refractivity contribution >= 4 is 28.9 Å². The predicted molar refractivity (Wildman–Crippen MR) is 54.9 cm³/mol. The van der Waals surface area contributed by atoms with Crippen molar-refractivity contribution in [1.82, 2.24) is 4.98 Å². The summed E-state index contributed by atoms with van der Waals surface area (Å²) in [5.41, 5.74) is 1.07. The highest BCUT2D eigenvalue weighted by atomic mass is 35.5. The molecule has 0 bridgehead atoms. The van der Waals surface area contributed by atoms with Crippen LogP contribution in [0.15, 0.2) is 0 Å². The average Bonchev–Trinajstić information content (AvgIpc) is 2.42. The van der Waals surface area contributed by atoms with Crippen molar-refractivity contribution in [3.05, 3.63) is 15.0 Å². The molecule has 1 aromatic heterocycles.